The van der Waals surface area contributed by atoms with Gasteiger partial charge in [0.05, 0.1) is 10.6 Å². The Kier molecular flexibility index (Phi) is 3.54. The summed E-state index contributed by atoms with van der Waals surface area (Å²) in [5.41, 5.74) is 6.27. The molecule has 22 heavy (non-hydrogen) atoms. The predicted molar refractivity (Wildman–Crippen MR) is 84.2 cm³/mol. The van der Waals surface area contributed by atoms with Gasteiger partial charge in [-0.15, -0.1) is 5.10 Å². The van der Waals surface area contributed by atoms with Gasteiger partial charge in [-0.1, -0.05) is 17.7 Å². The lowest BCUT2D eigenvalue weighted by atomic mass is 10.2. The molecular formula is C11H8BrClN6O2S. The van der Waals surface area contributed by atoms with Crippen LogP contribution in [0.15, 0.2) is 27.8 Å². The minimum atomic E-state index is -3.61. The van der Waals surface area contributed by atoms with Crippen molar-refractivity contribution in [2.24, 2.45) is 0 Å². The van der Waals surface area contributed by atoms with Crippen LogP contribution in [0.4, 0.5) is 5.95 Å². The van der Waals surface area contributed by atoms with E-state index < -0.39 is 15.0 Å². The van der Waals surface area contributed by atoms with Crippen molar-refractivity contribution < 1.29 is 8.42 Å². The van der Waals surface area contributed by atoms with Crippen LogP contribution in [0.1, 0.15) is 0 Å². The Bertz CT molecular complexity index is 983. The summed E-state index contributed by atoms with van der Waals surface area (Å²) < 4.78 is 24.9. The second-order valence-electron chi connectivity index (χ2n) is 4.38. The molecule has 2 aromatic heterocycles. The molecule has 0 bridgehead atoms. The third kappa shape index (κ3) is 2.53. The van der Waals surface area contributed by atoms with Crippen LogP contribution < -0.4 is 5.73 Å². The molecule has 2 heterocycles. The molecule has 11 heteroatoms. The van der Waals surface area contributed by atoms with Crippen LogP contribution >= 0.6 is 27.5 Å². The molecule has 0 radical (unpaired) electrons. The first kappa shape index (κ1) is 15.1. The van der Waals surface area contributed by atoms with Gasteiger partial charge >= 0.3 is 0 Å². The van der Waals surface area contributed by atoms with E-state index in [4.69, 9.17) is 17.3 Å². The highest BCUT2D eigenvalue weighted by Gasteiger charge is 2.19. The second-order valence-corrected chi connectivity index (χ2v) is 7.55. The highest BCUT2D eigenvalue weighted by Crippen LogP contribution is 2.33. The van der Waals surface area contributed by atoms with E-state index in [2.05, 4.69) is 36.0 Å². The van der Waals surface area contributed by atoms with Crippen LogP contribution in [0.3, 0.4) is 0 Å². The van der Waals surface area contributed by atoms with E-state index in [1.807, 2.05) is 0 Å². The van der Waals surface area contributed by atoms with E-state index >= 15 is 0 Å². The Morgan fingerprint density at radius 2 is 2.00 bits per heavy atom. The molecular weight excluding hydrogens is 396 g/mol. The maximum Gasteiger partial charge on any atom is 0.258 e. The Balaban J connectivity index is 2.29. The van der Waals surface area contributed by atoms with E-state index in [0.717, 1.165) is 10.8 Å². The van der Waals surface area contributed by atoms with Gasteiger partial charge in [-0.25, -0.2) is 8.42 Å². The summed E-state index contributed by atoms with van der Waals surface area (Å²) in [6.07, 6.45) is 0.986. The lowest BCUT2D eigenvalue weighted by Gasteiger charge is -2.01. The number of nitrogens with zero attached hydrogens (tertiary/aromatic N) is 5. The van der Waals surface area contributed by atoms with Gasteiger partial charge in [-0.05, 0) is 28.1 Å². The molecule has 0 aliphatic carbocycles. The Morgan fingerprint density at radius 3 is 2.64 bits per heavy atom. The SMILES string of the molecule is CS(=O)(=O)c1nc(N)n2nc(-c3c(Cl)cccc3Br)nc2n1. The minimum absolute atomic E-state index is 0.0229. The maximum atomic E-state index is 11.5. The molecule has 0 unspecified atom stereocenters. The number of anilines is 1. The fourth-order valence-corrected chi connectivity index (χ4v) is 3.19. The summed E-state index contributed by atoms with van der Waals surface area (Å²) in [5.74, 6) is 0.145. The summed E-state index contributed by atoms with van der Waals surface area (Å²) in [4.78, 5) is 11.8. The summed E-state index contributed by atoms with van der Waals surface area (Å²) in [6.45, 7) is 0. The van der Waals surface area contributed by atoms with E-state index in [1.165, 1.54) is 0 Å². The second kappa shape index (κ2) is 5.14. The summed E-state index contributed by atoms with van der Waals surface area (Å²) in [6, 6.07) is 5.23. The Hall–Kier alpha value is -1.78. The fourth-order valence-electron chi connectivity index (χ4n) is 1.77. The number of halogens is 2. The number of hydrogen-bond donors (Lipinski definition) is 1. The van der Waals surface area contributed by atoms with E-state index in [-0.39, 0.29) is 17.6 Å². The molecule has 0 amide bonds. The first-order valence-corrected chi connectivity index (χ1v) is 8.88. The van der Waals surface area contributed by atoms with Gasteiger partial charge in [-0.2, -0.15) is 19.5 Å². The molecule has 3 aromatic rings. The zero-order chi connectivity index (χ0) is 16.1. The van der Waals surface area contributed by atoms with Gasteiger partial charge < -0.3 is 5.73 Å². The van der Waals surface area contributed by atoms with Crippen LogP contribution in [0, 0.1) is 0 Å². The van der Waals surface area contributed by atoms with Crippen molar-refractivity contribution >= 4 is 49.1 Å². The molecule has 0 atom stereocenters. The first-order chi connectivity index (χ1) is 10.3. The number of nitrogen functional groups attached to an aromatic ring is 1. The van der Waals surface area contributed by atoms with Crippen molar-refractivity contribution in [3.63, 3.8) is 0 Å². The van der Waals surface area contributed by atoms with Crippen LogP contribution in [0.5, 0.6) is 0 Å². The third-order valence-corrected chi connectivity index (χ3v) is 4.55. The van der Waals surface area contributed by atoms with Crippen molar-refractivity contribution in [2.45, 2.75) is 5.16 Å². The molecule has 114 valence electrons. The van der Waals surface area contributed by atoms with E-state index in [1.54, 1.807) is 18.2 Å². The van der Waals surface area contributed by atoms with Gasteiger partial charge in [0.1, 0.15) is 0 Å². The summed E-state index contributed by atoms with van der Waals surface area (Å²) in [7, 11) is -3.61. The molecule has 3 rings (SSSR count). The Morgan fingerprint density at radius 1 is 1.27 bits per heavy atom. The smallest absolute Gasteiger partial charge is 0.258 e. The van der Waals surface area contributed by atoms with E-state index in [9.17, 15) is 8.42 Å². The maximum absolute atomic E-state index is 11.5. The van der Waals surface area contributed by atoms with Gasteiger partial charge in [0, 0.05) is 10.7 Å². The predicted octanol–water partition coefficient (Wildman–Crippen LogP) is 1.59. The molecule has 8 nitrogen and oxygen atoms in total. The Labute approximate surface area is 138 Å². The van der Waals surface area contributed by atoms with Crippen molar-refractivity contribution in [3.05, 3.63) is 27.7 Å². The molecule has 0 aliphatic heterocycles. The van der Waals surface area contributed by atoms with Crippen molar-refractivity contribution in [1.29, 1.82) is 0 Å². The van der Waals surface area contributed by atoms with Crippen LogP contribution in [-0.4, -0.2) is 39.2 Å². The molecule has 0 aliphatic rings. The van der Waals surface area contributed by atoms with Gasteiger partial charge in [0.15, 0.2) is 5.82 Å². The molecule has 0 spiro atoms. The normalized spacial score (nSPS) is 12.0. The minimum Gasteiger partial charge on any atom is -0.368 e. The van der Waals surface area contributed by atoms with Gasteiger partial charge in [0.25, 0.3) is 10.9 Å². The highest BCUT2D eigenvalue weighted by atomic mass is 79.9. The van der Waals surface area contributed by atoms with Crippen molar-refractivity contribution in [3.8, 4) is 11.4 Å². The monoisotopic (exact) mass is 402 g/mol. The van der Waals surface area contributed by atoms with Crippen LogP contribution in [-0.2, 0) is 9.84 Å². The number of hydrogen-bond acceptors (Lipinski definition) is 7. The quantitative estimate of drug-likeness (QED) is 0.690. The third-order valence-electron chi connectivity index (χ3n) is 2.73. The molecule has 0 saturated carbocycles. The summed E-state index contributed by atoms with van der Waals surface area (Å²) >= 11 is 9.52. The van der Waals surface area contributed by atoms with Crippen LogP contribution in [0.2, 0.25) is 5.02 Å². The van der Waals surface area contributed by atoms with Gasteiger partial charge in [-0.3, -0.25) is 0 Å². The fraction of sp³-hybridized carbons (Fsp3) is 0.0909. The largest absolute Gasteiger partial charge is 0.368 e. The highest BCUT2D eigenvalue weighted by molar-refractivity contribution is 9.10. The standard InChI is InChI=1S/C11H8BrClN6O2S/c1-22(20,21)11-16-9(14)19-10(17-11)15-8(18-19)7-5(12)3-2-4-6(7)13/h2-4H,1H3,(H2,14,15,16,17,18). The lowest BCUT2D eigenvalue weighted by molar-refractivity contribution is 0.592. The molecule has 0 saturated heterocycles. The summed E-state index contributed by atoms with van der Waals surface area (Å²) in [5, 5.41) is 4.20. The number of nitrogens with two attached hydrogens (primary N) is 1. The number of fused-ring (bicyclic) bond motifs is 1. The average molecular weight is 404 g/mol. The van der Waals surface area contributed by atoms with Gasteiger partial charge in [0.2, 0.25) is 15.8 Å². The number of sulfone groups is 1. The first-order valence-electron chi connectivity index (χ1n) is 5.82. The molecule has 1 aromatic carbocycles. The van der Waals surface area contributed by atoms with Crippen molar-refractivity contribution in [1.82, 2.24) is 24.6 Å². The number of aromatic nitrogens is 5. The topological polar surface area (TPSA) is 116 Å². The lowest BCUT2D eigenvalue weighted by Crippen LogP contribution is -2.11. The molecule has 0 fully saturated rings. The zero-order valence-corrected chi connectivity index (χ0v) is 14.2. The zero-order valence-electron chi connectivity index (χ0n) is 11.0. The van der Waals surface area contributed by atoms with Crippen molar-refractivity contribution in [2.75, 3.05) is 12.0 Å². The number of rotatable bonds is 2. The average Bonchev–Trinajstić information content (AvgIpc) is 2.81. The molecule has 2 N–H and O–H groups in total. The van der Waals surface area contributed by atoms with Crippen LogP contribution in [0.25, 0.3) is 17.2 Å². The number of benzene rings is 1. The van der Waals surface area contributed by atoms with E-state index in [0.29, 0.717) is 15.1 Å².